The second-order valence-electron chi connectivity index (χ2n) is 5.47. The monoisotopic (exact) mass is 300 g/mol. The molecule has 2 N–H and O–H groups in total. The Balaban J connectivity index is 2.29. The number of imidazole rings is 1. The van der Waals surface area contributed by atoms with Gasteiger partial charge in [-0.15, -0.1) is 0 Å². The third kappa shape index (κ3) is 5.81. The summed E-state index contributed by atoms with van der Waals surface area (Å²) in [5, 5.41) is 4.03. The van der Waals surface area contributed by atoms with Crippen molar-refractivity contribution in [3.63, 3.8) is 0 Å². The van der Waals surface area contributed by atoms with Gasteiger partial charge in [-0.1, -0.05) is 31.9 Å². The molecular formula is C15H29ClN4. The maximum Gasteiger partial charge on any atom is 0.151 e. The fraction of sp³-hybridized carbons (Fsp3) is 0.800. The Morgan fingerprint density at radius 3 is 2.80 bits per heavy atom. The highest BCUT2D eigenvalue weighted by molar-refractivity contribution is 6.30. The molecule has 0 aliphatic rings. The molecule has 20 heavy (non-hydrogen) atoms. The zero-order valence-electron chi connectivity index (χ0n) is 13.3. The Kier molecular flexibility index (Phi) is 8.19. The first-order valence-electron chi connectivity index (χ1n) is 7.72. The molecule has 0 aliphatic heterocycles. The Hall–Kier alpha value is -0.580. The van der Waals surface area contributed by atoms with Crippen molar-refractivity contribution in [2.24, 2.45) is 0 Å². The maximum absolute atomic E-state index is 6.15. The molecule has 1 aromatic rings. The van der Waals surface area contributed by atoms with Crippen molar-refractivity contribution in [1.29, 1.82) is 0 Å². The van der Waals surface area contributed by atoms with Crippen LogP contribution in [0.15, 0.2) is 0 Å². The van der Waals surface area contributed by atoms with E-state index in [1.165, 1.54) is 12.8 Å². The van der Waals surface area contributed by atoms with Gasteiger partial charge in [-0.05, 0) is 26.8 Å². The molecule has 4 nitrogen and oxygen atoms in total. The number of likely N-dealkylation sites (N-methyl/N-ethyl adjacent to an activating group) is 1. The molecule has 0 fully saturated rings. The number of H-pyrrole nitrogens is 1. The SMILES string of the molecule is CCCCc1nc(Cl)c(CNCCN(C)C(C)CC)[nH]1. The molecule has 0 spiro atoms. The van der Waals surface area contributed by atoms with E-state index in [0.717, 1.165) is 44.0 Å². The lowest BCUT2D eigenvalue weighted by molar-refractivity contribution is 0.251. The van der Waals surface area contributed by atoms with Gasteiger partial charge in [0.25, 0.3) is 0 Å². The minimum Gasteiger partial charge on any atom is -0.344 e. The first-order chi connectivity index (χ1) is 9.58. The third-order valence-electron chi connectivity index (χ3n) is 3.83. The summed E-state index contributed by atoms with van der Waals surface area (Å²) in [5.41, 5.74) is 1.00. The zero-order chi connectivity index (χ0) is 15.0. The number of aromatic nitrogens is 2. The number of hydrogen-bond acceptors (Lipinski definition) is 3. The van der Waals surface area contributed by atoms with Crippen LogP contribution in [0.4, 0.5) is 0 Å². The number of aryl methyl sites for hydroxylation is 1. The van der Waals surface area contributed by atoms with E-state index in [1.807, 2.05) is 0 Å². The summed E-state index contributed by atoms with van der Waals surface area (Å²) in [5.74, 6) is 1.00. The molecule has 5 heteroatoms. The van der Waals surface area contributed by atoms with E-state index in [1.54, 1.807) is 0 Å². The molecule has 1 heterocycles. The lowest BCUT2D eigenvalue weighted by Gasteiger charge is -2.23. The fourth-order valence-electron chi connectivity index (χ4n) is 2.02. The lowest BCUT2D eigenvalue weighted by atomic mass is 10.2. The van der Waals surface area contributed by atoms with Crippen LogP contribution in [0.5, 0.6) is 0 Å². The van der Waals surface area contributed by atoms with Crippen LogP contribution in [0, 0.1) is 0 Å². The summed E-state index contributed by atoms with van der Waals surface area (Å²) < 4.78 is 0. The van der Waals surface area contributed by atoms with Crippen molar-refractivity contribution < 1.29 is 0 Å². The number of aromatic amines is 1. The van der Waals surface area contributed by atoms with Crippen molar-refractivity contribution >= 4 is 11.6 Å². The molecule has 0 bridgehead atoms. The Morgan fingerprint density at radius 1 is 1.40 bits per heavy atom. The van der Waals surface area contributed by atoms with E-state index in [9.17, 15) is 0 Å². The quantitative estimate of drug-likeness (QED) is 0.652. The van der Waals surface area contributed by atoms with Crippen molar-refractivity contribution in [3.05, 3.63) is 16.7 Å². The van der Waals surface area contributed by atoms with Gasteiger partial charge >= 0.3 is 0 Å². The van der Waals surface area contributed by atoms with Gasteiger partial charge in [0, 0.05) is 32.1 Å². The zero-order valence-corrected chi connectivity index (χ0v) is 14.1. The van der Waals surface area contributed by atoms with Crippen LogP contribution in [0.2, 0.25) is 5.15 Å². The lowest BCUT2D eigenvalue weighted by Crippen LogP contribution is -2.34. The smallest absolute Gasteiger partial charge is 0.151 e. The largest absolute Gasteiger partial charge is 0.344 e. The predicted molar refractivity (Wildman–Crippen MR) is 86.3 cm³/mol. The van der Waals surface area contributed by atoms with Gasteiger partial charge in [-0.2, -0.15) is 0 Å². The second-order valence-corrected chi connectivity index (χ2v) is 5.83. The Bertz CT molecular complexity index is 378. The first kappa shape index (κ1) is 17.5. The highest BCUT2D eigenvalue weighted by Gasteiger charge is 2.08. The number of unbranched alkanes of at least 4 members (excludes halogenated alkanes) is 1. The molecule has 0 saturated heterocycles. The normalized spacial score (nSPS) is 13.1. The molecule has 1 atom stereocenters. The van der Waals surface area contributed by atoms with Crippen molar-refractivity contribution in [2.45, 2.75) is 59.0 Å². The molecule has 0 saturated carbocycles. The molecule has 1 rings (SSSR count). The average molecular weight is 301 g/mol. The number of nitrogens with one attached hydrogen (secondary N) is 2. The molecule has 1 unspecified atom stereocenters. The molecule has 116 valence electrons. The highest BCUT2D eigenvalue weighted by atomic mass is 35.5. The molecular weight excluding hydrogens is 272 g/mol. The second kappa shape index (κ2) is 9.37. The van der Waals surface area contributed by atoms with E-state index in [-0.39, 0.29) is 0 Å². The number of hydrogen-bond donors (Lipinski definition) is 2. The van der Waals surface area contributed by atoms with Crippen LogP contribution in [0.1, 0.15) is 51.6 Å². The van der Waals surface area contributed by atoms with Gasteiger partial charge in [0.1, 0.15) is 5.82 Å². The summed E-state index contributed by atoms with van der Waals surface area (Å²) in [6, 6.07) is 0.633. The summed E-state index contributed by atoms with van der Waals surface area (Å²) in [4.78, 5) is 10.1. The number of nitrogens with zero attached hydrogens (tertiary/aromatic N) is 2. The minimum absolute atomic E-state index is 0.610. The van der Waals surface area contributed by atoms with Crippen LogP contribution in [0.3, 0.4) is 0 Å². The van der Waals surface area contributed by atoms with E-state index >= 15 is 0 Å². The van der Waals surface area contributed by atoms with Crippen molar-refractivity contribution in [1.82, 2.24) is 20.2 Å². The average Bonchev–Trinajstić information content (AvgIpc) is 2.80. The maximum atomic E-state index is 6.15. The molecule has 1 aromatic heterocycles. The fourth-order valence-corrected chi connectivity index (χ4v) is 2.24. The van der Waals surface area contributed by atoms with E-state index in [0.29, 0.717) is 11.2 Å². The van der Waals surface area contributed by atoms with Gasteiger partial charge in [0.15, 0.2) is 5.15 Å². The molecule has 0 amide bonds. The number of halogens is 1. The van der Waals surface area contributed by atoms with Gasteiger partial charge in [0.05, 0.1) is 5.69 Å². The van der Waals surface area contributed by atoms with Gasteiger partial charge in [-0.25, -0.2) is 4.98 Å². The summed E-state index contributed by atoms with van der Waals surface area (Å²) in [7, 11) is 2.17. The molecule has 0 aliphatic carbocycles. The van der Waals surface area contributed by atoms with Crippen LogP contribution >= 0.6 is 11.6 Å². The molecule has 0 radical (unpaired) electrons. The topological polar surface area (TPSA) is 44.0 Å². The van der Waals surface area contributed by atoms with Crippen molar-refractivity contribution in [3.8, 4) is 0 Å². The Morgan fingerprint density at radius 2 is 2.15 bits per heavy atom. The molecule has 0 aromatic carbocycles. The minimum atomic E-state index is 0.610. The summed E-state index contributed by atoms with van der Waals surface area (Å²) in [6.07, 6.45) is 4.49. The van der Waals surface area contributed by atoms with E-state index < -0.39 is 0 Å². The first-order valence-corrected chi connectivity index (χ1v) is 8.10. The van der Waals surface area contributed by atoms with Crippen LogP contribution in [-0.4, -0.2) is 41.0 Å². The third-order valence-corrected chi connectivity index (χ3v) is 4.14. The van der Waals surface area contributed by atoms with Crippen molar-refractivity contribution in [2.75, 3.05) is 20.1 Å². The standard InChI is InChI=1S/C15H29ClN4/c1-5-7-8-14-18-13(15(16)19-14)11-17-9-10-20(4)12(3)6-2/h12,17H,5-11H2,1-4H3,(H,18,19). The van der Waals surface area contributed by atoms with Gasteiger partial charge in [0.2, 0.25) is 0 Å². The highest BCUT2D eigenvalue weighted by Crippen LogP contribution is 2.13. The summed E-state index contributed by atoms with van der Waals surface area (Å²) in [6.45, 7) is 9.42. The summed E-state index contributed by atoms with van der Waals surface area (Å²) >= 11 is 6.15. The predicted octanol–water partition coefficient (Wildman–Crippen LogP) is 3.23. The van der Waals surface area contributed by atoms with Crippen LogP contribution in [-0.2, 0) is 13.0 Å². The Labute approximate surface area is 128 Å². The van der Waals surface area contributed by atoms with Crippen LogP contribution in [0.25, 0.3) is 0 Å². The van der Waals surface area contributed by atoms with Gasteiger partial charge in [-0.3, -0.25) is 0 Å². The van der Waals surface area contributed by atoms with E-state index in [4.69, 9.17) is 11.6 Å². The van der Waals surface area contributed by atoms with Gasteiger partial charge < -0.3 is 15.2 Å². The van der Waals surface area contributed by atoms with Crippen LogP contribution < -0.4 is 5.32 Å². The van der Waals surface area contributed by atoms with E-state index in [2.05, 4.69) is 48.0 Å². The number of rotatable bonds is 10.